The second-order valence-corrected chi connectivity index (χ2v) is 6.26. The second kappa shape index (κ2) is 5.25. The average Bonchev–Trinajstić information content (AvgIpc) is 2.32. The van der Waals surface area contributed by atoms with Gasteiger partial charge in [0.25, 0.3) is 0 Å². The lowest BCUT2D eigenvalue weighted by Gasteiger charge is -2.48. The Labute approximate surface area is 105 Å². The van der Waals surface area contributed by atoms with E-state index in [0.717, 1.165) is 24.2 Å². The second-order valence-electron chi connectivity index (χ2n) is 6.26. The summed E-state index contributed by atoms with van der Waals surface area (Å²) in [6.07, 6.45) is 9.73. The van der Waals surface area contributed by atoms with Gasteiger partial charge < -0.3 is 15.5 Å². The van der Waals surface area contributed by atoms with Crippen LogP contribution in [0.4, 0.5) is 0 Å². The molecule has 0 spiro atoms. The molecular formula is C14H27N3. The predicted octanol–water partition coefficient (Wildman–Crippen LogP) is 1.34. The first-order valence-corrected chi connectivity index (χ1v) is 7.51. The molecule has 3 heteroatoms. The molecule has 3 aliphatic heterocycles. The van der Waals surface area contributed by atoms with E-state index in [-0.39, 0.29) is 0 Å². The molecule has 2 bridgehead atoms. The summed E-state index contributed by atoms with van der Waals surface area (Å²) in [5.41, 5.74) is 0. The van der Waals surface area contributed by atoms with E-state index in [1.165, 1.54) is 58.0 Å². The molecule has 0 aromatic carbocycles. The van der Waals surface area contributed by atoms with Gasteiger partial charge in [-0.1, -0.05) is 6.42 Å². The predicted molar refractivity (Wildman–Crippen MR) is 71.2 cm³/mol. The minimum atomic E-state index is 0.783. The summed E-state index contributed by atoms with van der Waals surface area (Å²) in [4.78, 5) is 2.66. The molecule has 2 N–H and O–H groups in total. The topological polar surface area (TPSA) is 27.3 Å². The van der Waals surface area contributed by atoms with Gasteiger partial charge in [-0.25, -0.2) is 0 Å². The summed E-state index contributed by atoms with van der Waals surface area (Å²) in [5, 5.41) is 7.39. The maximum absolute atomic E-state index is 3.94. The van der Waals surface area contributed by atoms with Gasteiger partial charge in [-0.3, -0.25) is 0 Å². The molecule has 3 nitrogen and oxygen atoms in total. The molecule has 3 fully saturated rings. The van der Waals surface area contributed by atoms with E-state index in [1.54, 1.807) is 0 Å². The Bertz CT molecular complexity index is 236. The smallest absolute Gasteiger partial charge is 0.0110 e. The molecule has 2 unspecified atom stereocenters. The Morgan fingerprint density at radius 3 is 2.24 bits per heavy atom. The number of hydrogen-bond donors (Lipinski definition) is 2. The van der Waals surface area contributed by atoms with Gasteiger partial charge >= 0.3 is 0 Å². The van der Waals surface area contributed by atoms with E-state index in [1.807, 2.05) is 0 Å². The van der Waals surface area contributed by atoms with Gasteiger partial charge in [0.15, 0.2) is 0 Å². The van der Waals surface area contributed by atoms with Crippen LogP contribution in [0.25, 0.3) is 0 Å². The monoisotopic (exact) mass is 237 g/mol. The fourth-order valence-electron chi connectivity index (χ4n) is 4.07. The van der Waals surface area contributed by atoms with E-state index < -0.39 is 0 Å². The summed E-state index contributed by atoms with van der Waals surface area (Å²) in [5.74, 6) is 0. The minimum Gasteiger partial charge on any atom is -0.317 e. The van der Waals surface area contributed by atoms with E-state index in [4.69, 9.17) is 0 Å². The van der Waals surface area contributed by atoms with Crippen molar-refractivity contribution in [1.29, 1.82) is 0 Å². The zero-order chi connectivity index (χ0) is 11.7. The van der Waals surface area contributed by atoms with Crippen LogP contribution >= 0.6 is 0 Å². The zero-order valence-electron chi connectivity index (χ0n) is 11.1. The summed E-state index contributed by atoms with van der Waals surface area (Å²) < 4.78 is 0. The first-order chi connectivity index (χ1) is 8.33. The first kappa shape index (κ1) is 11.9. The minimum absolute atomic E-state index is 0.783. The molecule has 3 aliphatic rings. The van der Waals surface area contributed by atoms with Crippen molar-refractivity contribution in [2.45, 2.75) is 69.1 Å². The van der Waals surface area contributed by atoms with Crippen LogP contribution < -0.4 is 10.6 Å². The van der Waals surface area contributed by atoms with Crippen molar-refractivity contribution in [2.24, 2.45) is 0 Å². The van der Waals surface area contributed by atoms with Crippen molar-refractivity contribution >= 4 is 0 Å². The number of hydrogen-bond acceptors (Lipinski definition) is 3. The highest BCUT2D eigenvalue weighted by molar-refractivity contribution is 4.94. The third-order valence-corrected chi connectivity index (χ3v) is 5.15. The number of nitrogens with zero attached hydrogens (tertiary/aromatic N) is 1. The standard InChI is InChI=1S/C14H27N3/c1-17-13-3-2-4-14(17)10-12(9-13)16-11-5-7-15-8-6-11/h11-16H,2-10H2,1H3. The van der Waals surface area contributed by atoms with Gasteiger partial charge in [-0.15, -0.1) is 0 Å². The van der Waals surface area contributed by atoms with E-state index in [0.29, 0.717) is 0 Å². The molecule has 0 aliphatic carbocycles. The molecule has 17 heavy (non-hydrogen) atoms. The number of fused-ring (bicyclic) bond motifs is 2. The normalized spacial score (nSPS) is 40.4. The SMILES string of the molecule is CN1C2CCCC1CC(NC1CCNCC1)C2. The van der Waals surface area contributed by atoms with E-state index in [9.17, 15) is 0 Å². The highest BCUT2D eigenvalue weighted by atomic mass is 15.2. The summed E-state index contributed by atoms with van der Waals surface area (Å²) in [7, 11) is 2.34. The lowest BCUT2D eigenvalue weighted by Crippen LogP contribution is -2.56. The Hall–Kier alpha value is -0.120. The summed E-state index contributed by atoms with van der Waals surface area (Å²) >= 11 is 0. The molecule has 3 heterocycles. The van der Waals surface area contributed by atoms with Crippen LogP contribution in [0.15, 0.2) is 0 Å². The largest absolute Gasteiger partial charge is 0.317 e. The van der Waals surface area contributed by atoms with Crippen LogP contribution in [-0.2, 0) is 0 Å². The average molecular weight is 237 g/mol. The van der Waals surface area contributed by atoms with Gasteiger partial charge in [0, 0.05) is 24.2 Å². The molecular weight excluding hydrogens is 210 g/mol. The maximum atomic E-state index is 3.94. The van der Waals surface area contributed by atoms with Crippen molar-refractivity contribution in [3.63, 3.8) is 0 Å². The van der Waals surface area contributed by atoms with Crippen LogP contribution in [0, 0.1) is 0 Å². The summed E-state index contributed by atoms with van der Waals surface area (Å²) in [6.45, 7) is 2.41. The van der Waals surface area contributed by atoms with Gasteiger partial charge in [-0.2, -0.15) is 0 Å². The third-order valence-electron chi connectivity index (χ3n) is 5.15. The van der Waals surface area contributed by atoms with Crippen molar-refractivity contribution in [2.75, 3.05) is 20.1 Å². The van der Waals surface area contributed by atoms with Crippen molar-refractivity contribution in [1.82, 2.24) is 15.5 Å². The van der Waals surface area contributed by atoms with Gasteiger partial charge in [0.2, 0.25) is 0 Å². The van der Waals surface area contributed by atoms with Crippen LogP contribution in [0.5, 0.6) is 0 Å². The molecule has 3 rings (SSSR count). The van der Waals surface area contributed by atoms with Crippen LogP contribution in [-0.4, -0.2) is 49.2 Å². The van der Waals surface area contributed by atoms with Crippen LogP contribution in [0.3, 0.4) is 0 Å². The summed E-state index contributed by atoms with van der Waals surface area (Å²) in [6, 6.07) is 3.30. The van der Waals surface area contributed by atoms with E-state index in [2.05, 4.69) is 22.6 Å². The van der Waals surface area contributed by atoms with Gasteiger partial charge in [0.05, 0.1) is 0 Å². The Balaban J connectivity index is 1.54. The van der Waals surface area contributed by atoms with E-state index >= 15 is 0 Å². The quantitative estimate of drug-likeness (QED) is 0.759. The van der Waals surface area contributed by atoms with Gasteiger partial charge in [-0.05, 0) is 58.7 Å². The Morgan fingerprint density at radius 2 is 1.59 bits per heavy atom. The number of piperidine rings is 3. The fraction of sp³-hybridized carbons (Fsp3) is 1.00. The molecule has 0 aromatic heterocycles. The van der Waals surface area contributed by atoms with Crippen molar-refractivity contribution in [3.05, 3.63) is 0 Å². The molecule has 98 valence electrons. The molecule has 0 saturated carbocycles. The number of nitrogens with one attached hydrogen (secondary N) is 2. The Kier molecular flexibility index (Phi) is 3.69. The molecule has 0 radical (unpaired) electrons. The molecule has 3 saturated heterocycles. The lowest BCUT2D eigenvalue weighted by molar-refractivity contribution is 0.0447. The molecule has 0 amide bonds. The highest BCUT2D eigenvalue weighted by Gasteiger charge is 2.36. The van der Waals surface area contributed by atoms with Crippen LogP contribution in [0.1, 0.15) is 44.9 Å². The number of rotatable bonds is 2. The third kappa shape index (κ3) is 2.67. The molecule has 0 aromatic rings. The van der Waals surface area contributed by atoms with Crippen molar-refractivity contribution in [3.8, 4) is 0 Å². The van der Waals surface area contributed by atoms with Crippen LogP contribution in [0.2, 0.25) is 0 Å². The van der Waals surface area contributed by atoms with Gasteiger partial charge in [0.1, 0.15) is 0 Å². The Morgan fingerprint density at radius 1 is 0.941 bits per heavy atom. The zero-order valence-corrected chi connectivity index (χ0v) is 11.1. The maximum Gasteiger partial charge on any atom is 0.0110 e. The fourth-order valence-corrected chi connectivity index (χ4v) is 4.07. The first-order valence-electron chi connectivity index (χ1n) is 7.51. The van der Waals surface area contributed by atoms with Crippen molar-refractivity contribution < 1.29 is 0 Å². The molecule has 2 atom stereocenters. The lowest BCUT2D eigenvalue weighted by atomic mass is 9.82. The highest BCUT2D eigenvalue weighted by Crippen LogP contribution is 2.32.